The third-order valence-electron chi connectivity index (χ3n) is 1.82. The molecule has 0 saturated carbocycles. The first-order chi connectivity index (χ1) is 7.16. The fraction of sp³-hybridized carbons (Fsp3) is 0.250. The molecule has 90 valence electrons. The highest BCUT2D eigenvalue weighted by Crippen LogP contribution is 2.37. The van der Waals surface area contributed by atoms with E-state index in [2.05, 4.69) is 0 Å². The molecular weight excluding hydrogens is 276 g/mol. The molecule has 2 N–H and O–H groups in total. The van der Waals surface area contributed by atoms with Crippen molar-refractivity contribution >= 4 is 23.2 Å². The molecule has 0 saturated heterocycles. The van der Waals surface area contributed by atoms with Gasteiger partial charge in [-0.05, 0) is 6.07 Å². The highest BCUT2D eigenvalue weighted by atomic mass is 35.5. The SMILES string of the molecule is N[C@@H](c1cc(Cl)c(F)c(Cl)c1F)C(F)(F)F. The molecule has 0 fully saturated rings. The topological polar surface area (TPSA) is 26.0 Å². The van der Waals surface area contributed by atoms with Gasteiger partial charge in [-0.3, -0.25) is 0 Å². The van der Waals surface area contributed by atoms with Gasteiger partial charge in [-0.15, -0.1) is 0 Å². The first-order valence-electron chi connectivity index (χ1n) is 3.81. The van der Waals surface area contributed by atoms with Crippen LogP contribution in [-0.2, 0) is 0 Å². The van der Waals surface area contributed by atoms with Crippen LogP contribution in [0.5, 0.6) is 0 Å². The van der Waals surface area contributed by atoms with Crippen LogP contribution in [0.4, 0.5) is 22.0 Å². The molecule has 0 aliphatic rings. The van der Waals surface area contributed by atoms with E-state index in [-0.39, 0.29) is 0 Å². The fourth-order valence-corrected chi connectivity index (χ4v) is 1.47. The Bertz CT molecular complexity index is 418. The van der Waals surface area contributed by atoms with E-state index in [0.29, 0.717) is 6.07 Å². The lowest BCUT2D eigenvalue weighted by atomic mass is 10.1. The first kappa shape index (κ1) is 13.5. The second-order valence-corrected chi connectivity index (χ2v) is 3.69. The number of nitrogens with two attached hydrogens (primary N) is 1. The standard InChI is InChI=1S/C8H4Cl2F5N/c9-3-1-2(7(16)8(13,14)15)5(11)4(10)6(3)12/h1,7H,16H2/t7-/m0/s1. The number of hydrogen-bond acceptors (Lipinski definition) is 1. The molecule has 0 aromatic heterocycles. The summed E-state index contributed by atoms with van der Waals surface area (Å²) >= 11 is 10.4. The molecule has 0 bridgehead atoms. The maximum Gasteiger partial charge on any atom is 0.407 e. The van der Waals surface area contributed by atoms with Crippen LogP contribution in [-0.4, -0.2) is 6.18 Å². The lowest BCUT2D eigenvalue weighted by Crippen LogP contribution is -2.29. The van der Waals surface area contributed by atoms with E-state index >= 15 is 0 Å². The largest absolute Gasteiger partial charge is 0.407 e. The van der Waals surface area contributed by atoms with Crippen LogP contribution in [0.15, 0.2) is 6.07 Å². The number of rotatable bonds is 1. The Labute approximate surface area is 96.9 Å². The predicted octanol–water partition coefficient (Wildman–Crippen LogP) is 3.83. The lowest BCUT2D eigenvalue weighted by Gasteiger charge is -2.17. The maximum atomic E-state index is 13.2. The van der Waals surface area contributed by atoms with Gasteiger partial charge < -0.3 is 5.73 Å². The monoisotopic (exact) mass is 279 g/mol. The highest BCUT2D eigenvalue weighted by molar-refractivity contribution is 6.35. The molecule has 0 unspecified atom stereocenters. The molecule has 1 nitrogen and oxygen atoms in total. The van der Waals surface area contributed by atoms with Crippen molar-refractivity contribution < 1.29 is 22.0 Å². The van der Waals surface area contributed by atoms with Crippen LogP contribution >= 0.6 is 23.2 Å². The van der Waals surface area contributed by atoms with E-state index in [9.17, 15) is 22.0 Å². The summed E-state index contributed by atoms with van der Waals surface area (Å²) in [6, 6.07) is -2.14. The molecule has 1 rings (SSSR count). The van der Waals surface area contributed by atoms with Crippen molar-refractivity contribution in [2.45, 2.75) is 12.2 Å². The number of halogens is 7. The molecule has 0 aliphatic carbocycles. The van der Waals surface area contributed by atoms with Gasteiger partial charge in [-0.1, -0.05) is 23.2 Å². The molecule has 1 aromatic rings. The second-order valence-electron chi connectivity index (χ2n) is 2.91. The van der Waals surface area contributed by atoms with Crippen LogP contribution in [0, 0.1) is 11.6 Å². The van der Waals surface area contributed by atoms with Crippen molar-refractivity contribution in [2.75, 3.05) is 0 Å². The van der Waals surface area contributed by atoms with Crippen molar-refractivity contribution in [3.05, 3.63) is 33.3 Å². The van der Waals surface area contributed by atoms with Gasteiger partial charge >= 0.3 is 6.18 Å². The van der Waals surface area contributed by atoms with E-state index in [4.69, 9.17) is 28.9 Å². The summed E-state index contributed by atoms with van der Waals surface area (Å²) in [5.41, 5.74) is 3.76. The maximum absolute atomic E-state index is 13.2. The zero-order valence-electron chi connectivity index (χ0n) is 7.38. The molecule has 8 heteroatoms. The van der Waals surface area contributed by atoms with Crippen LogP contribution in [0.1, 0.15) is 11.6 Å². The summed E-state index contributed by atoms with van der Waals surface area (Å²) in [4.78, 5) is 0. The Kier molecular flexibility index (Phi) is 3.66. The van der Waals surface area contributed by atoms with Crippen molar-refractivity contribution in [3.63, 3.8) is 0 Å². The summed E-state index contributed by atoms with van der Waals surface area (Å²) in [6.07, 6.45) is -4.87. The summed E-state index contributed by atoms with van der Waals surface area (Å²) in [6.45, 7) is 0. The van der Waals surface area contributed by atoms with Gasteiger partial charge in [0.1, 0.15) is 16.9 Å². The molecular formula is C8H4Cl2F5N. The van der Waals surface area contributed by atoms with E-state index in [1.165, 1.54) is 0 Å². The van der Waals surface area contributed by atoms with Gasteiger partial charge in [-0.2, -0.15) is 13.2 Å². The summed E-state index contributed by atoms with van der Waals surface area (Å²) in [5.74, 6) is -2.88. The quantitative estimate of drug-likeness (QED) is 0.472. The minimum atomic E-state index is -4.87. The van der Waals surface area contributed by atoms with Crippen LogP contribution in [0.25, 0.3) is 0 Å². The zero-order valence-corrected chi connectivity index (χ0v) is 8.89. The van der Waals surface area contributed by atoms with Gasteiger partial charge in [0, 0.05) is 5.56 Å². The van der Waals surface area contributed by atoms with E-state index in [1.54, 1.807) is 0 Å². The second kappa shape index (κ2) is 4.35. The molecule has 0 radical (unpaired) electrons. The van der Waals surface area contributed by atoms with Crippen LogP contribution in [0.2, 0.25) is 10.0 Å². The van der Waals surface area contributed by atoms with E-state index in [1.807, 2.05) is 0 Å². The van der Waals surface area contributed by atoms with Gasteiger partial charge in [0.15, 0.2) is 5.82 Å². The van der Waals surface area contributed by atoms with E-state index < -0.39 is 39.5 Å². The highest BCUT2D eigenvalue weighted by Gasteiger charge is 2.40. The van der Waals surface area contributed by atoms with Crippen molar-refractivity contribution in [1.29, 1.82) is 0 Å². The van der Waals surface area contributed by atoms with Gasteiger partial charge in [0.2, 0.25) is 0 Å². The molecule has 0 spiro atoms. The number of alkyl halides is 3. The van der Waals surface area contributed by atoms with Crippen molar-refractivity contribution in [2.24, 2.45) is 5.73 Å². The van der Waals surface area contributed by atoms with Gasteiger partial charge in [0.25, 0.3) is 0 Å². The van der Waals surface area contributed by atoms with Crippen LogP contribution < -0.4 is 5.73 Å². The third-order valence-corrected chi connectivity index (χ3v) is 2.43. The Hall–Kier alpha value is -0.590. The smallest absolute Gasteiger partial charge is 0.316 e. The fourth-order valence-electron chi connectivity index (χ4n) is 0.994. The molecule has 16 heavy (non-hydrogen) atoms. The first-order valence-corrected chi connectivity index (χ1v) is 4.57. The molecule has 0 heterocycles. The Morgan fingerprint density at radius 2 is 1.62 bits per heavy atom. The molecule has 1 atom stereocenters. The predicted molar refractivity (Wildman–Crippen MR) is 49.4 cm³/mol. The van der Waals surface area contributed by atoms with Crippen molar-refractivity contribution in [3.8, 4) is 0 Å². The molecule has 0 amide bonds. The Morgan fingerprint density at radius 1 is 1.12 bits per heavy atom. The van der Waals surface area contributed by atoms with E-state index in [0.717, 1.165) is 0 Å². The minimum Gasteiger partial charge on any atom is -0.316 e. The van der Waals surface area contributed by atoms with Gasteiger partial charge in [-0.25, -0.2) is 8.78 Å². The number of hydrogen-bond donors (Lipinski definition) is 1. The summed E-state index contributed by atoms with van der Waals surface area (Å²) < 4.78 is 62.7. The van der Waals surface area contributed by atoms with Crippen molar-refractivity contribution in [1.82, 2.24) is 0 Å². The normalized spacial score (nSPS) is 14.0. The third kappa shape index (κ3) is 2.39. The van der Waals surface area contributed by atoms with Gasteiger partial charge in [0.05, 0.1) is 5.02 Å². The minimum absolute atomic E-state index is 0.469. The number of benzene rings is 1. The summed E-state index contributed by atoms with van der Waals surface area (Å²) in [7, 11) is 0. The molecule has 1 aromatic carbocycles. The summed E-state index contributed by atoms with van der Waals surface area (Å²) in [5, 5.41) is -1.83. The Morgan fingerprint density at radius 3 is 2.06 bits per heavy atom. The average molecular weight is 280 g/mol. The Balaban J connectivity index is 3.36. The lowest BCUT2D eigenvalue weighted by molar-refractivity contribution is -0.149. The zero-order chi connectivity index (χ0) is 12.7. The molecule has 0 aliphatic heterocycles. The average Bonchev–Trinajstić information content (AvgIpc) is 2.18. The van der Waals surface area contributed by atoms with Crippen LogP contribution in [0.3, 0.4) is 0 Å².